The Bertz CT molecular complexity index is 923. The van der Waals surface area contributed by atoms with Crippen LogP contribution in [-0.4, -0.2) is 81.3 Å². The lowest BCUT2D eigenvalue weighted by atomic mass is 10.0. The molecular formula is C30H46N4O4. The van der Waals surface area contributed by atoms with Crippen molar-refractivity contribution < 1.29 is 19.8 Å². The van der Waals surface area contributed by atoms with E-state index in [1.807, 2.05) is 112 Å². The minimum atomic E-state index is -1.58. The number of carbonyl (C=O) groups excluding carboxylic acids is 2. The van der Waals surface area contributed by atoms with E-state index in [4.69, 9.17) is 0 Å². The van der Waals surface area contributed by atoms with E-state index in [0.29, 0.717) is 13.1 Å². The van der Waals surface area contributed by atoms with Crippen LogP contribution in [0.1, 0.15) is 52.7 Å². The maximum Gasteiger partial charge on any atom is 0.234 e. The van der Waals surface area contributed by atoms with Crippen molar-refractivity contribution in [3.05, 3.63) is 71.8 Å². The molecule has 0 atom stereocenters. The van der Waals surface area contributed by atoms with E-state index >= 15 is 0 Å². The monoisotopic (exact) mass is 526 g/mol. The minimum absolute atomic E-state index is 0.0438. The highest BCUT2D eigenvalue weighted by atomic mass is 16.3. The third-order valence-corrected chi connectivity index (χ3v) is 5.59. The normalized spacial score (nSPS) is 12.6. The molecular weight excluding hydrogens is 480 g/mol. The molecule has 0 spiro atoms. The summed E-state index contributed by atoms with van der Waals surface area (Å²) in [6.07, 6.45) is 0. The summed E-state index contributed by atoms with van der Waals surface area (Å²) < 4.78 is 0. The minimum Gasteiger partial charge on any atom is -0.393 e. The van der Waals surface area contributed by atoms with Crippen LogP contribution in [0.4, 0.5) is 0 Å². The molecule has 2 amide bonds. The number of rotatable bonds is 13. The van der Waals surface area contributed by atoms with Crippen molar-refractivity contribution in [2.45, 2.75) is 71.3 Å². The van der Waals surface area contributed by atoms with Crippen molar-refractivity contribution in [2.75, 3.05) is 32.8 Å². The van der Waals surface area contributed by atoms with Crippen LogP contribution in [0.2, 0.25) is 0 Å². The Morgan fingerprint density at radius 3 is 1.32 bits per heavy atom. The number of carbonyl (C=O) groups is 2. The molecule has 0 aromatic heterocycles. The first-order chi connectivity index (χ1) is 17.7. The Hall–Kier alpha value is -2.78. The van der Waals surface area contributed by atoms with Gasteiger partial charge < -0.3 is 20.8 Å². The summed E-state index contributed by atoms with van der Waals surface area (Å²) in [5.41, 5.74) is -0.386. The predicted octanol–water partition coefficient (Wildman–Crippen LogP) is 2.54. The largest absolute Gasteiger partial charge is 0.393 e. The van der Waals surface area contributed by atoms with Crippen molar-refractivity contribution in [2.24, 2.45) is 0 Å². The highest BCUT2D eigenvalue weighted by molar-refractivity contribution is 5.79. The summed E-state index contributed by atoms with van der Waals surface area (Å²) in [5.74, 6) is -0.334. The summed E-state index contributed by atoms with van der Waals surface area (Å²) in [6, 6.07) is 19.4. The molecule has 38 heavy (non-hydrogen) atoms. The van der Waals surface area contributed by atoms with Crippen molar-refractivity contribution in [1.82, 2.24) is 20.4 Å². The molecule has 0 heterocycles. The highest BCUT2D eigenvalue weighted by Crippen LogP contribution is 2.16. The number of nitrogens with one attached hydrogen (secondary N) is 2. The summed E-state index contributed by atoms with van der Waals surface area (Å²) in [6.45, 7) is 12.0. The van der Waals surface area contributed by atoms with E-state index in [-0.39, 0.29) is 38.0 Å². The molecule has 0 saturated carbocycles. The Kier molecular flexibility index (Phi) is 11.5. The second kappa shape index (κ2) is 13.8. The van der Waals surface area contributed by atoms with Gasteiger partial charge in [0.1, 0.15) is 5.60 Å². The molecule has 2 rings (SSSR count). The van der Waals surface area contributed by atoms with E-state index in [0.717, 1.165) is 11.1 Å². The second-order valence-corrected chi connectivity index (χ2v) is 12.2. The van der Waals surface area contributed by atoms with Crippen LogP contribution in [-0.2, 0) is 22.7 Å². The lowest BCUT2D eigenvalue weighted by Crippen LogP contribution is -2.56. The Morgan fingerprint density at radius 2 is 1.03 bits per heavy atom. The van der Waals surface area contributed by atoms with Gasteiger partial charge in [0.2, 0.25) is 11.8 Å². The molecule has 0 aliphatic heterocycles. The van der Waals surface area contributed by atoms with Gasteiger partial charge in [-0.2, -0.15) is 0 Å². The molecule has 0 saturated heterocycles. The fraction of sp³-hybridized carbons (Fsp3) is 0.533. The van der Waals surface area contributed by atoms with Crippen molar-refractivity contribution in [3.8, 4) is 0 Å². The number of aliphatic hydroxyl groups is 2. The lowest BCUT2D eigenvalue weighted by Gasteiger charge is -2.37. The van der Waals surface area contributed by atoms with Gasteiger partial charge in [-0.3, -0.25) is 19.4 Å². The molecule has 8 heteroatoms. The Labute approximate surface area is 228 Å². The lowest BCUT2D eigenvalue weighted by molar-refractivity contribution is -0.126. The summed E-state index contributed by atoms with van der Waals surface area (Å²) in [5, 5.41) is 27.9. The summed E-state index contributed by atoms with van der Waals surface area (Å²) in [7, 11) is 0. The zero-order chi connectivity index (χ0) is 28.4. The fourth-order valence-electron chi connectivity index (χ4n) is 4.32. The predicted molar refractivity (Wildman–Crippen MR) is 151 cm³/mol. The number of aliphatic hydroxyl groups excluding tert-OH is 1. The van der Waals surface area contributed by atoms with Gasteiger partial charge in [-0.1, -0.05) is 60.7 Å². The summed E-state index contributed by atoms with van der Waals surface area (Å²) in [4.78, 5) is 29.3. The maximum absolute atomic E-state index is 12.8. The van der Waals surface area contributed by atoms with Crippen LogP contribution >= 0.6 is 0 Å². The fourth-order valence-corrected chi connectivity index (χ4v) is 4.32. The van der Waals surface area contributed by atoms with Gasteiger partial charge in [0.15, 0.2) is 0 Å². The van der Waals surface area contributed by atoms with Crippen molar-refractivity contribution in [3.63, 3.8) is 0 Å². The van der Waals surface area contributed by atoms with Crippen LogP contribution in [0.5, 0.6) is 0 Å². The molecule has 0 fully saturated rings. The molecule has 0 aliphatic rings. The van der Waals surface area contributed by atoms with Crippen molar-refractivity contribution in [1.29, 1.82) is 0 Å². The number of amides is 2. The SMILES string of the molecule is CC(C)(C)NC(=O)CN(Cc1ccccc1)CC(O)(CO)CN(CC(=O)NC(C)(C)C)Cc1ccccc1. The first-order valence-corrected chi connectivity index (χ1v) is 13.1. The van der Waals surface area contributed by atoms with E-state index in [2.05, 4.69) is 10.6 Å². The molecule has 4 N–H and O–H groups in total. The molecule has 8 nitrogen and oxygen atoms in total. The number of hydrogen-bond donors (Lipinski definition) is 4. The van der Waals surface area contributed by atoms with Gasteiger partial charge in [0.05, 0.1) is 19.7 Å². The second-order valence-electron chi connectivity index (χ2n) is 12.2. The first-order valence-electron chi connectivity index (χ1n) is 13.1. The number of nitrogens with zero attached hydrogens (tertiary/aromatic N) is 2. The average Bonchev–Trinajstić information content (AvgIpc) is 2.77. The molecule has 0 radical (unpaired) electrons. The van der Waals surface area contributed by atoms with E-state index in [1.54, 1.807) is 0 Å². The molecule has 0 bridgehead atoms. The molecule has 2 aromatic rings. The Balaban J connectivity index is 2.25. The van der Waals surface area contributed by atoms with Gasteiger partial charge in [0, 0.05) is 37.3 Å². The van der Waals surface area contributed by atoms with Crippen LogP contribution in [0, 0.1) is 0 Å². The van der Waals surface area contributed by atoms with Crippen molar-refractivity contribution >= 4 is 11.8 Å². The van der Waals surface area contributed by atoms with Gasteiger partial charge in [0.25, 0.3) is 0 Å². The van der Waals surface area contributed by atoms with Gasteiger partial charge in [-0.25, -0.2) is 0 Å². The van der Waals surface area contributed by atoms with Gasteiger partial charge in [-0.15, -0.1) is 0 Å². The van der Waals surface area contributed by atoms with Gasteiger partial charge >= 0.3 is 0 Å². The van der Waals surface area contributed by atoms with Crippen LogP contribution < -0.4 is 10.6 Å². The number of hydrogen-bond acceptors (Lipinski definition) is 6. The van der Waals surface area contributed by atoms with E-state index in [9.17, 15) is 19.8 Å². The topological polar surface area (TPSA) is 105 Å². The molecule has 0 unspecified atom stereocenters. The third kappa shape index (κ3) is 12.6. The average molecular weight is 527 g/mol. The zero-order valence-electron chi connectivity index (χ0n) is 23.8. The van der Waals surface area contributed by atoms with Crippen LogP contribution in [0.25, 0.3) is 0 Å². The first kappa shape index (κ1) is 31.4. The number of benzene rings is 2. The van der Waals surface area contributed by atoms with E-state index < -0.39 is 23.3 Å². The zero-order valence-corrected chi connectivity index (χ0v) is 23.8. The molecule has 0 aliphatic carbocycles. The van der Waals surface area contributed by atoms with Gasteiger partial charge in [-0.05, 0) is 52.7 Å². The van der Waals surface area contributed by atoms with Crippen LogP contribution in [0.15, 0.2) is 60.7 Å². The third-order valence-electron chi connectivity index (χ3n) is 5.59. The molecule has 2 aromatic carbocycles. The smallest absolute Gasteiger partial charge is 0.234 e. The standard InChI is InChI=1S/C30H46N4O4/c1-28(2,3)31-26(36)19-33(17-24-13-9-7-10-14-24)21-30(38,23-35)22-34(18-25-15-11-8-12-16-25)20-27(37)32-29(4,5)6/h7-16,35,38H,17-23H2,1-6H3,(H,31,36)(H,32,37). The van der Waals surface area contributed by atoms with Crippen LogP contribution in [0.3, 0.4) is 0 Å². The van der Waals surface area contributed by atoms with E-state index in [1.165, 1.54) is 0 Å². The summed E-state index contributed by atoms with van der Waals surface area (Å²) >= 11 is 0. The molecule has 210 valence electrons. The highest BCUT2D eigenvalue weighted by Gasteiger charge is 2.33. The maximum atomic E-state index is 12.8. The Morgan fingerprint density at radius 1 is 0.684 bits per heavy atom. The quantitative estimate of drug-likeness (QED) is 0.320.